The molecular weight excluding hydrogens is 178 g/mol. The molecule has 0 bridgehead atoms. The van der Waals surface area contributed by atoms with Crippen LogP contribution < -0.4 is 5.32 Å². The zero-order valence-corrected chi connectivity index (χ0v) is 7.38. The SMILES string of the molecule is CSc1nnc(NCCO)nn1. The van der Waals surface area contributed by atoms with E-state index in [1.54, 1.807) is 0 Å². The first-order valence-electron chi connectivity index (χ1n) is 3.33. The van der Waals surface area contributed by atoms with Crippen LogP contribution in [0.2, 0.25) is 0 Å². The van der Waals surface area contributed by atoms with E-state index in [0.29, 0.717) is 17.6 Å². The molecule has 0 fully saturated rings. The van der Waals surface area contributed by atoms with Crippen LogP contribution in [0.3, 0.4) is 0 Å². The molecule has 7 heteroatoms. The number of anilines is 1. The molecule has 0 atom stereocenters. The maximum Gasteiger partial charge on any atom is 0.262 e. The summed E-state index contributed by atoms with van der Waals surface area (Å²) in [5, 5.41) is 26.7. The van der Waals surface area contributed by atoms with Gasteiger partial charge in [-0.25, -0.2) is 0 Å². The first kappa shape index (κ1) is 9.14. The number of thioether (sulfide) groups is 1. The molecule has 0 aliphatic carbocycles. The third-order valence-corrected chi connectivity index (χ3v) is 1.57. The Morgan fingerprint density at radius 1 is 1.33 bits per heavy atom. The van der Waals surface area contributed by atoms with Crippen LogP contribution in [0.4, 0.5) is 5.95 Å². The van der Waals surface area contributed by atoms with Crippen LogP contribution in [0.15, 0.2) is 5.16 Å². The molecule has 0 radical (unpaired) electrons. The molecule has 0 spiro atoms. The average Bonchev–Trinajstić information content (AvgIpc) is 2.15. The van der Waals surface area contributed by atoms with Gasteiger partial charge >= 0.3 is 0 Å². The van der Waals surface area contributed by atoms with Gasteiger partial charge in [0, 0.05) is 6.54 Å². The van der Waals surface area contributed by atoms with Crippen LogP contribution in [0.1, 0.15) is 0 Å². The number of aromatic nitrogens is 4. The molecule has 2 N–H and O–H groups in total. The zero-order chi connectivity index (χ0) is 8.81. The molecular formula is C5H9N5OS. The number of aliphatic hydroxyl groups is 1. The van der Waals surface area contributed by atoms with E-state index < -0.39 is 0 Å². The summed E-state index contributed by atoms with van der Waals surface area (Å²) < 4.78 is 0. The molecule has 0 amide bonds. The van der Waals surface area contributed by atoms with Crippen LogP contribution in [0.5, 0.6) is 0 Å². The number of hydrogen-bond donors (Lipinski definition) is 2. The van der Waals surface area contributed by atoms with Gasteiger partial charge in [-0.15, -0.1) is 20.4 Å². The third kappa shape index (κ3) is 2.59. The summed E-state index contributed by atoms with van der Waals surface area (Å²) in [6.07, 6.45) is 1.85. The topological polar surface area (TPSA) is 83.8 Å². The Bertz CT molecular complexity index is 228. The summed E-state index contributed by atoms with van der Waals surface area (Å²) in [5.74, 6) is 0.335. The van der Waals surface area contributed by atoms with E-state index in [4.69, 9.17) is 5.11 Å². The van der Waals surface area contributed by atoms with E-state index >= 15 is 0 Å². The maximum absolute atomic E-state index is 8.47. The summed E-state index contributed by atoms with van der Waals surface area (Å²) in [4.78, 5) is 0. The lowest BCUT2D eigenvalue weighted by atomic mass is 10.7. The Kier molecular flexibility index (Phi) is 3.68. The number of nitrogens with zero attached hydrogens (tertiary/aromatic N) is 4. The Labute approximate surface area is 73.8 Å². The highest BCUT2D eigenvalue weighted by Crippen LogP contribution is 2.03. The summed E-state index contributed by atoms with van der Waals surface area (Å²) in [6, 6.07) is 0. The highest BCUT2D eigenvalue weighted by Gasteiger charge is 1.97. The highest BCUT2D eigenvalue weighted by atomic mass is 32.2. The first-order chi connectivity index (χ1) is 5.86. The third-order valence-electron chi connectivity index (χ3n) is 1.04. The molecule has 0 unspecified atom stereocenters. The van der Waals surface area contributed by atoms with Crippen molar-refractivity contribution in [2.75, 3.05) is 24.7 Å². The second kappa shape index (κ2) is 4.83. The van der Waals surface area contributed by atoms with Crippen molar-refractivity contribution < 1.29 is 5.11 Å². The predicted octanol–water partition coefficient (Wildman–Crippen LogP) is -0.607. The van der Waals surface area contributed by atoms with Crippen LogP contribution in [0, 0.1) is 0 Å². The van der Waals surface area contributed by atoms with Crippen LogP contribution in [-0.4, -0.2) is 44.9 Å². The number of nitrogens with one attached hydrogen (secondary N) is 1. The largest absolute Gasteiger partial charge is 0.395 e. The Hall–Kier alpha value is -0.950. The van der Waals surface area contributed by atoms with Gasteiger partial charge < -0.3 is 10.4 Å². The van der Waals surface area contributed by atoms with Gasteiger partial charge in [0.25, 0.3) is 5.95 Å². The Morgan fingerprint density at radius 2 is 2.00 bits per heavy atom. The monoisotopic (exact) mass is 187 g/mol. The summed E-state index contributed by atoms with van der Waals surface area (Å²) in [7, 11) is 0. The van der Waals surface area contributed by atoms with Gasteiger partial charge in [-0.1, -0.05) is 11.8 Å². The molecule has 1 aromatic heterocycles. The van der Waals surface area contributed by atoms with Gasteiger partial charge in [-0.2, -0.15) is 0 Å². The van der Waals surface area contributed by atoms with E-state index in [2.05, 4.69) is 25.7 Å². The van der Waals surface area contributed by atoms with Gasteiger partial charge in [0.15, 0.2) is 0 Å². The van der Waals surface area contributed by atoms with Gasteiger partial charge in [0.1, 0.15) is 0 Å². The number of aliphatic hydroxyl groups excluding tert-OH is 1. The summed E-state index contributed by atoms with van der Waals surface area (Å²) in [5.41, 5.74) is 0. The van der Waals surface area contributed by atoms with E-state index in [9.17, 15) is 0 Å². The van der Waals surface area contributed by atoms with Crippen molar-refractivity contribution in [2.24, 2.45) is 0 Å². The van der Waals surface area contributed by atoms with Gasteiger partial charge in [-0.3, -0.25) is 0 Å². The fraction of sp³-hybridized carbons (Fsp3) is 0.600. The number of rotatable bonds is 4. The Balaban J connectivity index is 2.53. The highest BCUT2D eigenvalue weighted by molar-refractivity contribution is 7.98. The van der Waals surface area contributed by atoms with E-state index in [0.717, 1.165) is 0 Å². The molecule has 0 aliphatic rings. The average molecular weight is 187 g/mol. The second-order valence-corrected chi connectivity index (χ2v) is 2.63. The van der Waals surface area contributed by atoms with Crippen molar-refractivity contribution in [1.29, 1.82) is 0 Å². The fourth-order valence-electron chi connectivity index (χ4n) is 0.540. The van der Waals surface area contributed by atoms with Gasteiger partial charge in [0.2, 0.25) is 5.16 Å². The number of hydrogen-bond acceptors (Lipinski definition) is 7. The lowest BCUT2D eigenvalue weighted by molar-refractivity contribution is 0.310. The van der Waals surface area contributed by atoms with Crippen LogP contribution in [0.25, 0.3) is 0 Å². The van der Waals surface area contributed by atoms with Gasteiger partial charge in [-0.05, 0) is 6.26 Å². The van der Waals surface area contributed by atoms with Crippen LogP contribution in [-0.2, 0) is 0 Å². The summed E-state index contributed by atoms with van der Waals surface area (Å²) in [6.45, 7) is 0.440. The Morgan fingerprint density at radius 3 is 2.50 bits per heavy atom. The molecule has 0 saturated carbocycles. The normalized spacial score (nSPS) is 9.83. The van der Waals surface area contributed by atoms with Crippen molar-refractivity contribution in [3.63, 3.8) is 0 Å². The molecule has 12 heavy (non-hydrogen) atoms. The minimum Gasteiger partial charge on any atom is -0.395 e. The predicted molar refractivity (Wildman–Crippen MR) is 45.0 cm³/mol. The van der Waals surface area contributed by atoms with Gasteiger partial charge in [0.05, 0.1) is 6.61 Å². The van der Waals surface area contributed by atoms with Crippen molar-refractivity contribution in [3.8, 4) is 0 Å². The van der Waals surface area contributed by atoms with E-state index in [1.807, 2.05) is 6.26 Å². The second-order valence-electron chi connectivity index (χ2n) is 1.86. The minimum absolute atomic E-state index is 0.0354. The smallest absolute Gasteiger partial charge is 0.262 e. The lowest BCUT2D eigenvalue weighted by Gasteiger charge is -1.99. The maximum atomic E-state index is 8.47. The molecule has 0 saturated heterocycles. The van der Waals surface area contributed by atoms with Crippen molar-refractivity contribution in [2.45, 2.75) is 5.16 Å². The molecule has 0 aliphatic heterocycles. The molecule has 1 heterocycles. The van der Waals surface area contributed by atoms with Crippen molar-refractivity contribution in [3.05, 3.63) is 0 Å². The minimum atomic E-state index is 0.0354. The van der Waals surface area contributed by atoms with E-state index in [-0.39, 0.29) is 6.61 Å². The zero-order valence-electron chi connectivity index (χ0n) is 6.56. The van der Waals surface area contributed by atoms with Crippen LogP contribution >= 0.6 is 11.8 Å². The quantitative estimate of drug-likeness (QED) is 0.608. The lowest BCUT2D eigenvalue weighted by Crippen LogP contribution is -2.10. The van der Waals surface area contributed by atoms with Crippen molar-refractivity contribution >= 4 is 17.7 Å². The summed E-state index contributed by atoms with van der Waals surface area (Å²) >= 11 is 1.38. The molecule has 0 aromatic carbocycles. The van der Waals surface area contributed by atoms with Crippen molar-refractivity contribution in [1.82, 2.24) is 20.4 Å². The first-order valence-corrected chi connectivity index (χ1v) is 4.55. The molecule has 1 rings (SSSR count). The molecule has 1 aromatic rings. The van der Waals surface area contributed by atoms with E-state index in [1.165, 1.54) is 11.8 Å². The fourth-order valence-corrected chi connectivity index (χ4v) is 0.785. The molecule has 6 nitrogen and oxygen atoms in total. The standard InChI is InChI=1S/C5H9N5OS/c1-12-5-9-7-4(8-10-5)6-2-3-11/h11H,2-3H2,1H3,(H,6,7,8). The molecule has 66 valence electrons.